The number of aliphatic hydroxyl groups is 1. The molecule has 0 aromatic carbocycles. The number of aryl methyl sites for hydroxylation is 1. The number of fused-ring (bicyclic) bond motifs is 1. The second kappa shape index (κ2) is 10.7. The van der Waals surface area contributed by atoms with Crippen LogP contribution in [-0.4, -0.2) is 82.1 Å². The summed E-state index contributed by atoms with van der Waals surface area (Å²) in [6.45, 7) is 3.85. The minimum absolute atomic E-state index is 0.0411. The molecule has 0 saturated carbocycles. The van der Waals surface area contributed by atoms with Gasteiger partial charge in [-0.2, -0.15) is 4.31 Å². The predicted molar refractivity (Wildman–Crippen MR) is 135 cm³/mol. The zero-order chi connectivity index (χ0) is 26.0. The highest BCUT2D eigenvalue weighted by molar-refractivity contribution is 7.89. The summed E-state index contributed by atoms with van der Waals surface area (Å²) in [6.07, 6.45) is 10.4. The van der Waals surface area contributed by atoms with E-state index in [1.807, 2.05) is 13.0 Å². The van der Waals surface area contributed by atoms with Crippen LogP contribution in [-0.2, 0) is 17.1 Å². The molecular weight excluding hydrogens is 482 g/mol. The first-order valence-electron chi connectivity index (χ1n) is 12.3. The highest BCUT2D eigenvalue weighted by Crippen LogP contribution is 2.32. The molecule has 0 bridgehead atoms. The molecule has 2 aromatic heterocycles. The van der Waals surface area contributed by atoms with Gasteiger partial charge in [0.2, 0.25) is 5.88 Å². The van der Waals surface area contributed by atoms with Gasteiger partial charge in [-0.1, -0.05) is 13.0 Å². The monoisotopic (exact) mass is 517 g/mol. The Kier molecular flexibility index (Phi) is 7.82. The van der Waals surface area contributed by atoms with Crippen LogP contribution in [0.3, 0.4) is 0 Å². The normalized spacial score (nSPS) is 21.9. The van der Waals surface area contributed by atoms with E-state index in [1.54, 1.807) is 29.6 Å². The Morgan fingerprint density at radius 2 is 2.08 bits per heavy atom. The summed E-state index contributed by atoms with van der Waals surface area (Å²) in [7, 11) is -0.633. The molecule has 0 radical (unpaired) electrons. The van der Waals surface area contributed by atoms with Crippen molar-refractivity contribution in [3.63, 3.8) is 0 Å². The van der Waals surface area contributed by atoms with Crippen LogP contribution in [0, 0.1) is 5.92 Å². The Balaban J connectivity index is 1.68. The molecule has 1 N–H and O–H groups in total. The van der Waals surface area contributed by atoms with Crippen LogP contribution in [0.5, 0.6) is 5.88 Å². The molecule has 0 saturated heterocycles. The maximum Gasteiger partial charge on any atom is 0.261 e. The van der Waals surface area contributed by atoms with E-state index in [9.17, 15) is 18.3 Å². The number of imidazole rings is 1. The summed E-state index contributed by atoms with van der Waals surface area (Å²) in [5.41, 5.74) is 2.38. The molecule has 11 heteroatoms. The topological polar surface area (TPSA) is 118 Å². The molecule has 10 nitrogen and oxygen atoms in total. The van der Waals surface area contributed by atoms with Crippen molar-refractivity contribution in [2.45, 2.75) is 56.7 Å². The second-order valence-electron chi connectivity index (χ2n) is 9.84. The van der Waals surface area contributed by atoms with Crippen molar-refractivity contribution in [1.29, 1.82) is 0 Å². The van der Waals surface area contributed by atoms with Crippen LogP contribution in [0.2, 0.25) is 0 Å². The van der Waals surface area contributed by atoms with Gasteiger partial charge in [0.1, 0.15) is 11.7 Å². The first kappa shape index (κ1) is 26.3. The molecule has 3 heterocycles. The van der Waals surface area contributed by atoms with E-state index >= 15 is 0 Å². The summed E-state index contributed by atoms with van der Waals surface area (Å²) >= 11 is 0. The molecule has 36 heavy (non-hydrogen) atoms. The van der Waals surface area contributed by atoms with Crippen molar-refractivity contribution in [1.82, 2.24) is 23.7 Å². The van der Waals surface area contributed by atoms with E-state index in [1.165, 1.54) is 29.5 Å². The maximum atomic E-state index is 13.6. The van der Waals surface area contributed by atoms with E-state index in [4.69, 9.17) is 4.74 Å². The van der Waals surface area contributed by atoms with Crippen LogP contribution in [0.1, 0.15) is 55.5 Å². The molecule has 0 unspecified atom stereocenters. The number of pyridine rings is 1. The van der Waals surface area contributed by atoms with Crippen molar-refractivity contribution >= 4 is 21.5 Å². The first-order valence-corrected chi connectivity index (χ1v) is 13.8. The number of likely N-dealkylation sites (N-methyl/N-ethyl adjacent to an activating group) is 1. The van der Waals surface area contributed by atoms with E-state index in [-0.39, 0.29) is 35.9 Å². The average Bonchev–Trinajstić information content (AvgIpc) is 3.33. The quantitative estimate of drug-likeness (QED) is 0.599. The average molecular weight is 518 g/mol. The smallest absolute Gasteiger partial charge is 0.261 e. The fraction of sp³-hybridized carbons (Fsp3) is 0.560. The lowest BCUT2D eigenvalue weighted by Gasteiger charge is -2.37. The van der Waals surface area contributed by atoms with Gasteiger partial charge in [0.25, 0.3) is 15.9 Å². The largest absolute Gasteiger partial charge is 0.472 e. The van der Waals surface area contributed by atoms with Crippen LogP contribution >= 0.6 is 0 Å². The van der Waals surface area contributed by atoms with Gasteiger partial charge in [0.15, 0.2) is 5.03 Å². The fourth-order valence-corrected chi connectivity index (χ4v) is 5.77. The van der Waals surface area contributed by atoms with E-state index in [0.29, 0.717) is 12.1 Å². The lowest BCUT2D eigenvalue weighted by atomic mass is 9.93. The number of rotatable bonds is 7. The summed E-state index contributed by atoms with van der Waals surface area (Å²) in [5, 5.41) is 9.82. The second-order valence-corrected chi connectivity index (χ2v) is 11.8. The number of ether oxygens (including phenoxy) is 1. The third-order valence-electron chi connectivity index (χ3n) is 6.98. The number of aromatic nitrogens is 3. The van der Waals surface area contributed by atoms with Gasteiger partial charge >= 0.3 is 0 Å². The zero-order valence-corrected chi connectivity index (χ0v) is 22.1. The molecular formula is C25H35N5O5S. The van der Waals surface area contributed by atoms with Gasteiger partial charge < -0.3 is 19.3 Å². The van der Waals surface area contributed by atoms with Crippen LogP contribution in [0.25, 0.3) is 5.57 Å². The lowest BCUT2D eigenvalue weighted by molar-refractivity contribution is 0.0373. The Morgan fingerprint density at radius 1 is 1.31 bits per heavy atom. The van der Waals surface area contributed by atoms with Gasteiger partial charge in [-0.25, -0.2) is 18.4 Å². The Hall–Kier alpha value is -2.76. The van der Waals surface area contributed by atoms with Crippen LogP contribution in [0.4, 0.5) is 0 Å². The minimum Gasteiger partial charge on any atom is -0.472 e. The number of amides is 1. The molecule has 1 aliphatic heterocycles. The lowest BCUT2D eigenvalue weighted by Crippen LogP contribution is -2.50. The highest BCUT2D eigenvalue weighted by atomic mass is 32.2. The molecule has 3 atom stereocenters. The predicted octanol–water partition coefficient (Wildman–Crippen LogP) is 2.31. The van der Waals surface area contributed by atoms with Crippen molar-refractivity contribution < 1.29 is 23.1 Å². The molecule has 2 aliphatic rings. The SMILES string of the molecule is C[C@H]1CN([C@@H](C)CO)C(=O)c2cc(C3=CCCCC3)cnc2O[C@H]1CN(C)S(=O)(=O)c1cn(C)cn1. The molecule has 1 amide bonds. The maximum absolute atomic E-state index is 13.6. The standard InChI is InChI=1S/C25H35N5O5S/c1-17-12-30(18(2)15-31)25(32)21-10-20(19-8-6-5-7-9-19)11-26-24(21)35-22(17)13-29(4)36(33,34)23-14-28(3)16-27-23/h8,10-11,14,16-18,22,31H,5-7,9,12-13,15H2,1-4H3/t17-,18-,22-/m0/s1. The Labute approximate surface area is 212 Å². The zero-order valence-electron chi connectivity index (χ0n) is 21.3. The summed E-state index contributed by atoms with van der Waals surface area (Å²) in [5.74, 6) is -0.312. The number of hydrogen-bond donors (Lipinski definition) is 1. The van der Waals surface area contributed by atoms with Crippen molar-refractivity contribution in [2.75, 3.05) is 26.7 Å². The minimum atomic E-state index is -3.83. The number of hydrogen-bond acceptors (Lipinski definition) is 7. The molecule has 196 valence electrons. The van der Waals surface area contributed by atoms with Gasteiger partial charge in [-0.15, -0.1) is 0 Å². The van der Waals surface area contributed by atoms with Crippen molar-refractivity contribution in [3.8, 4) is 5.88 Å². The Morgan fingerprint density at radius 3 is 2.72 bits per heavy atom. The van der Waals surface area contributed by atoms with E-state index < -0.39 is 22.2 Å². The number of carbonyl (C=O) groups excluding carboxylic acids is 1. The molecule has 1 aliphatic carbocycles. The fourth-order valence-electron chi connectivity index (χ4n) is 4.63. The number of nitrogens with zero attached hydrogens (tertiary/aromatic N) is 5. The summed E-state index contributed by atoms with van der Waals surface area (Å²) < 4.78 is 35.2. The molecule has 0 spiro atoms. The summed E-state index contributed by atoms with van der Waals surface area (Å²) in [6, 6.07) is 1.40. The van der Waals surface area contributed by atoms with E-state index in [2.05, 4.69) is 16.0 Å². The van der Waals surface area contributed by atoms with Gasteiger partial charge in [0, 0.05) is 39.0 Å². The molecule has 2 aromatic rings. The number of allylic oxidation sites excluding steroid dienone is 2. The number of sulfonamides is 1. The molecule has 0 fully saturated rings. The highest BCUT2D eigenvalue weighted by Gasteiger charge is 2.36. The molecule has 4 rings (SSSR count). The van der Waals surface area contributed by atoms with E-state index in [0.717, 1.165) is 31.2 Å². The van der Waals surface area contributed by atoms with Crippen molar-refractivity contribution in [3.05, 3.63) is 42.0 Å². The third kappa shape index (κ3) is 5.33. The van der Waals surface area contributed by atoms with Crippen LogP contribution < -0.4 is 4.74 Å². The van der Waals surface area contributed by atoms with Gasteiger partial charge in [-0.3, -0.25) is 4.79 Å². The third-order valence-corrected chi connectivity index (χ3v) is 8.68. The first-order chi connectivity index (χ1) is 17.1. The number of carbonyl (C=O) groups is 1. The Bertz CT molecular complexity index is 1240. The van der Waals surface area contributed by atoms with Gasteiger partial charge in [-0.05, 0) is 49.8 Å². The van der Waals surface area contributed by atoms with Crippen molar-refractivity contribution in [2.24, 2.45) is 13.0 Å². The van der Waals surface area contributed by atoms with Crippen LogP contribution in [0.15, 0.2) is 35.9 Å². The number of aliphatic hydroxyl groups excluding tert-OH is 1. The summed E-state index contributed by atoms with van der Waals surface area (Å²) in [4.78, 5) is 23.8. The van der Waals surface area contributed by atoms with Gasteiger partial charge in [0.05, 0.1) is 25.5 Å².